The molecule has 0 spiro atoms. The first-order valence-electron chi connectivity index (χ1n) is 6.26. The van der Waals surface area contributed by atoms with Crippen LogP contribution in [0.2, 0.25) is 0 Å². The van der Waals surface area contributed by atoms with Crippen LogP contribution in [0, 0.1) is 5.92 Å². The first-order chi connectivity index (χ1) is 8.33. The highest BCUT2D eigenvalue weighted by atomic mass is 19.1. The Labute approximate surface area is 102 Å². The van der Waals surface area contributed by atoms with Gasteiger partial charge in [0.2, 0.25) is 0 Å². The number of nitrogens with one attached hydrogen (secondary N) is 1. The minimum atomic E-state index is -0.403. The third-order valence-corrected chi connectivity index (χ3v) is 3.41. The predicted molar refractivity (Wildman–Crippen MR) is 67.1 cm³/mol. The highest BCUT2D eigenvalue weighted by Gasteiger charge is 2.16. The molecular formula is C14H20FNO. The molecule has 1 aliphatic rings. The maximum atomic E-state index is 12.7. The number of ether oxygens (including phenoxy) is 1. The average molecular weight is 237 g/mol. The zero-order chi connectivity index (χ0) is 12.1. The fraction of sp³-hybridized carbons (Fsp3) is 0.571. The van der Waals surface area contributed by atoms with Crippen LogP contribution < -0.4 is 10.1 Å². The van der Waals surface area contributed by atoms with Gasteiger partial charge in [0.05, 0.1) is 7.11 Å². The highest BCUT2D eigenvalue weighted by Crippen LogP contribution is 2.25. The second-order valence-electron chi connectivity index (χ2n) is 4.70. The molecule has 94 valence electrons. The summed E-state index contributed by atoms with van der Waals surface area (Å²) in [6, 6.07) is 5.61. The summed E-state index contributed by atoms with van der Waals surface area (Å²) in [5, 5.41) is 3.41. The number of hydrogen-bond donors (Lipinski definition) is 1. The topological polar surface area (TPSA) is 21.3 Å². The Kier molecular flexibility index (Phi) is 4.37. The Morgan fingerprint density at radius 2 is 2.35 bits per heavy atom. The van der Waals surface area contributed by atoms with Gasteiger partial charge in [0.1, 0.15) is 12.4 Å². The van der Waals surface area contributed by atoms with Gasteiger partial charge in [0, 0.05) is 0 Å². The summed E-state index contributed by atoms with van der Waals surface area (Å²) in [5.74, 6) is 1.53. The SMILES string of the molecule is COc1ccc(CF)cc1CC1CCCNC1. The van der Waals surface area contributed by atoms with E-state index in [0.717, 1.165) is 36.4 Å². The number of halogens is 1. The molecule has 1 aromatic rings. The van der Waals surface area contributed by atoms with Crippen LogP contribution in [0.3, 0.4) is 0 Å². The van der Waals surface area contributed by atoms with Gasteiger partial charge in [-0.3, -0.25) is 0 Å². The van der Waals surface area contributed by atoms with Gasteiger partial charge in [-0.2, -0.15) is 0 Å². The van der Waals surface area contributed by atoms with Gasteiger partial charge in [-0.15, -0.1) is 0 Å². The van der Waals surface area contributed by atoms with Crippen molar-refractivity contribution in [2.24, 2.45) is 5.92 Å². The second kappa shape index (κ2) is 6.01. The van der Waals surface area contributed by atoms with Crippen molar-refractivity contribution in [2.45, 2.75) is 25.9 Å². The Bertz CT molecular complexity index is 361. The molecule has 1 unspecified atom stereocenters. The molecule has 1 atom stereocenters. The molecule has 1 saturated heterocycles. The average Bonchev–Trinajstić information content (AvgIpc) is 2.40. The molecule has 2 nitrogen and oxygen atoms in total. The van der Waals surface area contributed by atoms with E-state index in [2.05, 4.69) is 5.32 Å². The summed E-state index contributed by atoms with van der Waals surface area (Å²) >= 11 is 0. The van der Waals surface area contributed by atoms with Gasteiger partial charge < -0.3 is 10.1 Å². The van der Waals surface area contributed by atoms with E-state index in [-0.39, 0.29) is 0 Å². The zero-order valence-corrected chi connectivity index (χ0v) is 10.3. The maximum absolute atomic E-state index is 12.7. The highest BCUT2D eigenvalue weighted by molar-refractivity contribution is 5.37. The molecule has 0 amide bonds. The summed E-state index contributed by atoms with van der Waals surface area (Å²) < 4.78 is 18.0. The lowest BCUT2D eigenvalue weighted by Crippen LogP contribution is -2.30. The van der Waals surface area contributed by atoms with Crippen LogP contribution in [-0.2, 0) is 13.1 Å². The van der Waals surface area contributed by atoms with Gasteiger partial charge in [0.15, 0.2) is 0 Å². The van der Waals surface area contributed by atoms with Crippen LogP contribution in [0.4, 0.5) is 4.39 Å². The predicted octanol–water partition coefficient (Wildman–Crippen LogP) is 2.71. The molecule has 1 heterocycles. The monoisotopic (exact) mass is 237 g/mol. The van der Waals surface area contributed by atoms with E-state index in [1.807, 2.05) is 12.1 Å². The Balaban J connectivity index is 2.11. The minimum absolute atomic E-state index is 0.403. The number of rotatable bonds is 4. The zero-order valence-electron chi connectivity index (χ0n) is 10.3. The normalized spacial score (nSPS) is 20.2. The van der Waals surface area contributed by atoms with E-state index in [0.29, 0.717) is 5.92 Å². The van der Waals surface area contributed by atoms with Crippen LogP contribution in [-0.4, -0.2) is 20.2 Å². The number of benzene rings is 1. The largest absolute Gasteiger partial charge is 0.496 e. The molecule has 1 aromatic carbocycles. The summed E-state index contributed by atoms with van der Waals surface area (Å²) in [4.78, 5) is 0. The molecule has 1 N–H and O–H groups in total. The van der Waals surface area contributed by atoms with Crippen molar-refractivity contribution in [3.63, 3.8) is 0 Å². The second-order valence-corrected chi connectivity index (χ2v) is 4.70. The van der Waals surface area contributed by atoms with Gasteiger partial charge in [-0.25, -0.2) is 4.39 Å². The van der Waals surface area contributed by atoms with Crippen molar-refractivity contribution in [1.29, 1.82) is 0 Å². The molecule has 1 fully saturated rings. The van der Waals surface area contributed by atoms with Crippen LogP contribution >= 0.6 is 0 Å². The van der Waals surface area contributed by atoms with Crippen molar-refractivity contribution in [2.75, 3.05) is 20.2 Å². The van der Waals surface area contributed by atoms with Crippen LogP contribution in [0.5, 0.6) is 5.75 Å². The fourth-order valence-corrected chi connectivity index (χ4v) is 2.48. The van der Waals surface area contributed by atoms with Crippen LogP contribution in [0.1, 0.15) is 24.0 Å². The lowest BCUT2D eigenvalue weighted by atomic mass is 9.91. The van der Waals surface area contributed by atoms with Gasteiger partial charge in [-0.1, -0.05) is 6.07 Å². The van der Waals surface area contributed by atoms with E-state index in [1.165, 1.54) is 12.8 Å². The van der Waals surface area contributed by atoms with Crippen LogP contribution in [0.25, 0.3) is 0 Å². The quantitative estimate of drug-likeness (QED) is 0.869. The standard InChI is InChI=1S/C14H20FNO/c1-17-14-5-4-11(9-15)7-13(14)8-12-3-2-6-16-10-12/h4-5,7,12,16H,2-3,6,8-10H2,1H3. The molecule has 1 aliphatic heterocycles. The molecule has 0 radical (unpaired) electrons. The van der Waals surface area contributed by atoms with Crippen LogP contribution in [0.15, 0.2) is 18.2 Å². The molecule has 0 bridgehead atoms. The number of piperidine rings is 1. The van der Waals surface area contributed by atoms with Gasteiger partial charge >= 0.3 is 0 Å². The van der Waals surface area contributed by atoms with Crippen molar-refractivity contribution >= 4 is 0 Å². The van der Waals surface area contributed by atoms with E-state index in [1.54, 1.807) is 13.2 Å². The summed E-state index contributed by atoms with van der Waals surface area (Å²) in [7, 11) is 1.67. The molecular weight excluding hydrogens is 217 g/mol. The lowest BCUT2D eigenvalue weighted by molar-refractivity contribution is 0.363. The molecule has 17 heavy (non-hydrogen) atoms. The van der Waals surface area contributed by atoms with Gasteiger partial charge in [0.25, 0.3) is 0 Å². The van der Waals surface area contributed by atoms with Crippen molar-refractivity contribution in [1.82, 2.24) is 5.32 Å². The fourth-order valence-electron chi connectivity index (χ4n) is 2.48. The van der Waals surface area contributed by atoms with E-state index >= 15 is 0 Å². The Hall–Kier alpha value is -1.09. The molecule has 0 saturated carbocycles. The van der Waals surface area contributed by atoms with E-state index < -0.39 is 6.67 Å². The molecule has 0 aliphatic carbocycles. The molecule has 0 aromatic heterocycles. The first kappa shape index (κ1) is 12.4. The first-order valence-corrected chi connectivity index (χ1v) is 6.26. The van der Waals surface area contributed by atoms with Crippen molar-refractivity contribution in [3.05, 3.63) is 29.3 Å². The summed E-state index contributed by atoms with van der Waals surface area (Å²) in [6.45, 7) is 1.78. The molecule has 2 rings (SSSR count). The smallest absolute Gasteiger partial charge is 0.122 e. The van der Waals surface area contributed by atoms with E-state index in [9.17, 15) is 4.39 Å². The summed E-state index contributed by atoms with van der Waals surface area (Å²) in [5.41, 5.74) is 1.88. The Morgan fingerprint density at radius 1 is 1.47 bits per heavy atom. The van der Waals surface area contributed by atoms with Gasteiger partial charge in [-0.05, 0) is 61.5 Å². The number of methoxy groups -OCH3 is 1. The third-order valence-electron chi connectivity index (χ3n) is 3.41. The third kappa shape index (κ3) is 3.19. The number of hydrogen-bond acceptors (Lipinski definition) is 2. The number of alkyl halides is 1. The maximum Gasteiger partial charge on any atom is 0.122 e. The summed E-state index contributed by atoms with van der Waals surface area (Å²) in [6.07, 6.45) is 3.45. The minimum Gasteiger partial charge on any atom is -0.496 e. The van der Waals surface area contributed by atoms with Crippen molar-refractivity contribution < 1.29 is 9.13 Å². The molecule has 3 heteroatoms. The lowest BCUT2D eigenvalue weighted by Gasteiger charge is -2.23. The Morgan fingerprint density at radius 3 is 3.00 bits per heavy atom. The van der Waals surface area contributed by atoms with E-state index in [4.69, 9.17) is 4.74 Å². The van der Waals surface area contributed by atoms with Crippen molar-refractivity contribution in [3.8, 4) is 5.75 Å².